The maximum atomic E-state index is 13.0. The van der Waals surface area contributed by atoms with E-state index in [0.717, 1.165) is 10.9 Å². The number of phenols is 1. The zero-order valence-electron chi connectivity index (χ0n) is 14.1. The number of rotatable bonds is 4. The van der Waals surface area contributed by atoms with Crippen LogP contribution in [0.25, 0.3) is 17.0 Å². The van der Waals surface area contributed by atoms with Gasteiger partial charge in [-0.1, -0.05) is 18.2 Å². The number of Topliss-reactive ketones (excluding diaryl/α,β-unsaturated/α-hetero) is 1. The van der Waals surface area contributed by atoms with Crippen molar-refractivity contribution < 1.29 is 14.6 Å². The molecule has 2 N–H and O–H groups in total. The molecule has 26 heavy (non-hydrogen) atoms. The second-order valence-electron chi connectivity index (χ2n) is 5.72. The summed E-state index contributed by atoms with van der Waals surface area (Å²) in [5, 5.41) is 20.2. The Morgan fingerprint density at radius 3 is 2.77 bits per heavy atom. The van der Waals surface area contributed by atoms with Crippen LogP contribution < -0.4 is 4.74 Å². The minimum atomic E-state index is -0.356. The Balaban J connectivity index is 2.10. The van der Waals surface area contributed by atoms with Crippen LogP contribution in [0.4, 0.5) is 0 Å². The average Bonchev–Trinajstić information content (AvgIpc) is 2.97. The van der Waals surface area contributed by atoms with Crippen molar-refractivity contribution in [2.45, 2.75) is 6.92 Å². The zero-order valence-corrected chi connectivity index (χ0v) is 15.7. The van der Waals surface area contributed by atoms with Crippen LogP contribution in [0.3, 0.4) is 0 Å². The molecule has 0 radical (unpaired) electrons. The van der Waals surface area contributed by atoms with Crippen LogP contribution in [0.5, 0.6) is 11.5 Å². The summed E-state index contributed by atoms with van der Waals surface area (Å²) in [6.07, 6.45) is 1.48. The summed E-state index contributed by atoms with van der Waals surface area (Å²) in [5.74, 6) is -0.147. The molecule has 0 saturated carbocycles. The van der Waals surface area contributed by atoms with E-state index in [1.807, 2.05) is 37.3 Å². The standard InChI is InChI=1S/C20H15BrN2O3/c1-11-18(14-5-3-4-6-16(14)23-11)19(24)13(10-22)7-12-8-15(21)20(25)17(9-12)26-2/h3-9,23,25H,1-2H3. The molecule has 0 aliphatic rings. The number of para-hydroxylation sites is 1. The Labute approximate surface area is 158 Å². The summed E-state index contributed by atoms with van der Waals surface area (Å²) in [4.78, 5) is 16.1. The van der Waals surface area contributed by atoms with Crippen LogP contribution in [0.15, 0.2) is 46.4 Å². The van der Waals surface area contributed by atoms with E-state index >= 15 is 0 Å². The number of aromatic hydroxyl groups is 1. The number of nitriles is 1. The average molecular weight is 411 g/mol. The number of hydrogen-bond donors (Lipinski definition) is 2. The monoisotopic (exact) mass is 410 g/mol. The lowest BCUT2D eigenvalue weighted by Gasteiger charge is -2.07. The van der Waals surface area contributed by atoms with E-state index < -0.39 is 0 Å². The Bertz CT molecular complexity index is 1090. The predicted octanol–water partition coefficient (Wildman–Crippen LogP) is 4.74. The first-order valence-corrected chi connectivity index (χ1v) is 8.56. The fourth-order valence-electron chi connectivity index (χ4n) is 2.85. The van der Waals surface area contributed by atoms with Crippen molar-refractivity contribution in [3.8, 4) is 17.6 Å². The molecule has 0 fully saturated rings. The molecule has 0 saturated heterocycles. The highest BCUT2D eigenvalue weighted by atomic mass is 79.9. The molecular formula is C20H15BrN2O3. The molecule has 3 aromatic rings. The minimum absolute atomic E-state index is 0.00232. The van der Waals surface area contributed by atoms with E-state index in [2.05, 4.69) is 20.9 Å². The number of fused-ring (bicyclic) bond motifs is 1. The highest BCUT2D eigenvalue weighted by Gasteiger charge is 2.20. The van der Waals surface area contributed by atoms with E-state index in [1.54, 1.807) is 12.1 Å². The number of methoxy groups -OCH3 is 1. The first-order chi connectivity index (χ1) is 12.5. The van der Waals surface area contributed by atoms with Gasteiger partial charge in [0.15, 0.2) is 11.5 Å². The molecule has 130 valence electrons. The molecular weight excluding hydrogens is 396 g/mol. The molecule has 3 rings (SSSR count). The third-order valence-electron chi connectivity index (χ3n) is 4.07. The molecule has 0 unspecified atom stereocenters. The van der Waals surface area contributed by atoms with Gasteiger partial charge in [-0.3, -0.25) is 4.79 Å². The molecule has 5 nitrogen and oxygen atoms in total. The van der Waals surface area contributed by atoms with E-state index in [-0.39, 0.29) is 22.9 Å². The number of carbonyl (C=O) groups excluding carboxylic acids is 1. The van der Waals surface area contributed by atoms with Crippen molar-refractivity contribution in [2.24, 2.45) is 0 Å². The fraction of sp³-hybridized carbons (Fsp3) is 0.100. The maximum absolute atomic E-state index is 13.0. The number of aromatic amines is 1. The van der Waals surface area contributed by atoms with Crippen LogP contribution in [0.1, 0.15) is 21.6 Å². The van der Waals surface area contributed by atoms with Gasteiger partial charge in [-0.15, -0.1) is 0 Å². The van der Waals surface area contributed by atoms with Crippen LogP contribution in [-0.2, 0) is 0 Å². The number of ketones is 1. The summed E-state index contributed by atoms with van der Waals surface area (Å²) in [6, 6.07) is 12.6. The smallest absolute Gasteiger partial charge is 0.205 e. The van der Waals surface area contributed by atoms with Crippen molar-refractivity contribution >= 4 is 38.7 Å². The SMILES string of the molecule is COc1cc(C=C(C#N)C(=O)c2c(C)[nH]c3ccccc23)cc(Br)c1O. The van der Waals surface area contributed by atoms with Crippen molar-refractivity contribution in [1.29, 1.82) is 5.26 Å². The van der Waals surface area contributed by atoms with Gasteiger partial charge in [0.2, 0.25) is 5.78 Å². The molecule has 0 spiro atoms. The normalized spacial score (nSPS) is 11.4. The number of ether oxygens (including phenoxy) is 1. The van der Waals surface area contributed by atoms with Gasteiger partial charge in [0.25, 0.3) is 0 Å². The van der Waals surface area contributed by atoms with Crippen LogP contribution in [0.2, 0.25) is 0 Å². The van der Waals surface area contributed by atoms with Gasteiger partial charge in [0, 0.05) is 16.6 Å². The van der Waals surface area contributed by atoms with Gasteiger partial charge in [0.1, 0.15) is 11.6 Å². The van der Waals surface area contributed by atoms with E-state index in [1.165, 1.54) is 13.2 Å². The number of carbonyl (C=O) groups is 1. The number of benzene rings is 2. The number of halogens is 1. The molecule has 0 aliphatic carbocycles. The summed E-state index contributed by atoms with van der Waals surface area (Å²) in [7, 11) is 1.43. The number of hydrogen-bond acceptors (Lipinski definition) is 4. The highest BCUT2D eigenvalue weighted by molar-refractivity contribution is 9.10. The van der Waals surface area contributed by atoms with Gasteiger partial charge in [-0.05, 0) is 52.7 Å². The molecule has 0 bridgehead atoms. The lowest BCUT2D eigenvalue weighted by Crippen LogP contribution is -2.03. The second kappa shape index (κ2) is 7.06. The highest BCUT2D eigenvalue weighted by Crippen LogP contribution is 2.36. The van der Waals surface area contributed by atoms with Crippen molar-refractivity contribution in [1.82, 2.24) is 4.98 Å². The van der Waals surface area contributed by atoms with Crippen molar-refractivity contribution in [3.05, 3.63) is 63.3 Å². The van der Waals surface area contributed by atoms with Gasteiger partial charge < -0.3 is 14.8 Å². The summed E-state index contributed by atoms with van der Waals surface area (Å²) >= 11 is 3.24. The number of nitrogens with one attached hydrogen (secondary N) is 1. The Morgan fingerprint density at radius 1 is 1.35 bits per heavy atom. The van der Waals surface area contributed by atoms with Gasteiger partial charge >= 0.3 is 0 Å². The zero-order chi connectivity index (χ0) is 18.8. The Kier molecular flexibility index (Phi) is 4.83. The van der Waals surface area contributed by atoms with Gasteiger partial charge in [-0.2, -0.15) is 5.26 Å². The van der Waals surface area contributed by atoms with E-state index in [0.29, 0.717) is 21.3 Å². The molecule has 2 aromatic carbocycles. The minimum Gasteiger partial charge on any atom is -0.503 e. The predicted molar refractivity (Wildman–Crippen MR) is 103 cm³/mol. The van der Waals surface area contributed by atoms with Crippen LogP contribution in [-0.4, -0.2) is 23.0 Å². The number of aromatic nitrogens is 1. The summed E-state index contributed by atoms with van der Waals surface area (Å²) < 4.78 is 5.52. The topological polar surface area (TPSA) is 86.1 Å². The molecule has 0 amide bonds. The van der Waals surface area contributed by atoms with Crippen molar-refractivity contribution in [2.75, 3.05) is 7.11 Å². The van der Waals surface area contributed by atoms with Gasteiger partial charge in [0.05, 0.1) is 17.1 Å². The second-order valence-corrected chi connectivity index (χ2v) is 6.58. The number of nitrogens with zero attached hydrogens (tertiary/aromatic N) is 1. The lowest BCUT2D eigenvalue weighted by molar-refractivity contribution is 0.104. The first kappa shape index (κ1) is 17.8. The third kappa shape index (κ3) is 3.09. The van der Waals surface area contributed by atoms with Crippen LogP contribution >= 0.6 is 15.9 Å². The van der Waals surface area contributed by atoms with Gasteiger partial charge in [-0.25, -0.2) is 0 Å². The quantitative estimate of drug-likeness (QED) is 0.369. The lowest BCUT2D eigenvalue weighted by atomic mass is 9.99. The van der Waals surface area contributed by atoms with E-state index in [9.17, 15) is 15.2 Å². The Morgan fingerprint density at radius 2 is 2.08 bits per heavy atom. The number of H-pyrrole nitrogens is 1. The largest absolute Gasteiger partial charge is 0.503 e. The Hall–Kier alpha value is -3.04. The molecule has 1 aromatic heterocycles. The third-order valence-corrected chi connectivity index (χ3v) is 4.67. The van der Waals surface area contributed by atoms with Crippen molar-refractivity contribution in [3.63, 3.8) is 0 Å². The summed E-state index contributed by atoms with van der Waals surface area (Å²) in [6.45, 7) is 1.81. The number of phenolic OH excluding ortho intramolecular Hbond substituents is 1. The van der Waals surface area contributed by atoms with Crippen LogP contribution in [0, 0.1) is 18.3 Å². The van der Waals surface area contributed by atoms with E-state index in [4.69, 9.17) is 4.74 Å². The molecule has 0 aliphatic heterocycles. The molecule has 6 heteroatoms. The first-order valence-electron chi connectivity index (χ1n) is 7.76. The molecule has 0 atom stereocenters. The number of allylic oxidation sites excluding steroid dienone is 1. The summed E-state index contributed by atoms with van der Waals surface area (Å²) in [5.41, 5.74) is 2.60. The number of aryl methyl sites for hydroxylation is 1. The fourth-order valence-corrected chi connectivity index (χ4v) is 3.31. The molecule has 1 heterocycles. The maximum Gasteiger partial charge on any atom is 0.205 e.